The first-order valence-electron chi connectivity index (χ1n) is 6.00. The lowest BCUT2D eigenvalue weighted by Crippen LogP contribution is -2.49. The molecule has 0 spiro atoms. The maximum Gasteiger partial charge on any atom is 0.0674 e. The van der Waals surface area contributed by atoms with Crippen molar-refractivity contribution < 1.29 is 9.90 Å². The van der Waals surface area contributed by atoms with Crippen LogP contribution >= 0.6 is 0 Å². The topological polar surface area (TPSA) is 40.1 Å². The Hall–Kier alpha value is -0.790. The summed E-state index contributed by atoms with van der Waals surface area (Å²) >= 11 is 0. The van der Waals surface area contributed by atoms with Crippen LogP contribution < -0.4 is 5.11 Å². The molecule has 2 nitrogen and oxygen atoms in total. The van der Waals surface area contributed by atoms with E-state index in [-0.39, 0.29) is 5.41 Å². The molecule has 4 rings (SSSR count). The highest BCUT2D eigenvalue weighted by molar-refractivity contribution is 5.85. The molecule has 0 N–H and O–H groups in total. The van der Waals surface area contributed by atoms with Crippen LogP contribution in [0.5, 0.6) is 0 Å². The summed E-state index contributed by atoms with van der Waals surface area (Å²) in [5.74, 6) is 1.30. The van der Waals surface area contributed by atoms with Crippen molar-refractivity contribution in [3.8, 4) is 0 Å². The molecule has 0 heterocycles. The van der Waals surface area contributed by atoms with E-state index in [9.17, 15) is 9.90 Å². The van der Waals surface area contributed by atoms with Gasteiger partial charge in [0.15, 0.2) is 0 Å². The second-order valence-electron chi connectivity index (χ2n) is 5.96. The van der Waals surface area contributed by atoms with Gasteiger partial charge in [-0.2, -0.15) is 0 Å². The van der Waals surface area contributed by atoms with Crippen LogP contribution in [0.2, 0.25) is 0 Å². The van der Waals surface area contributed by atoms with Crippen molar-refractivity contribution >= 4 is 5.97 Å². The summed E-state index contributed by atoms with van der Waals surface area (Å²) in [4.78, 5) is 11.0. The average molecular weight is 205 g/mol. The molecular formula is C13H17O2-. The van der Waals surface area contributed by atoms with Crippen molar-refractivity contribution in [3.05, 3.63) is 12.2 Å². The molecule has 4 aliphatic carbocycles. The summed E-state index contributed by atoms with van der Waals surface area (Å²) in [6, 6.07) is 0. The molecule has 4 fully saturated rings. The predicted molar refractivity (Wildman–Crippen MR) is 54.8 cm³/mol. The fraction of sp³-hybridized carbons (Fsp3) is 0.769. The maximum atomic E-state index is 11.0. The summed E-state index contributed by atoms with van der Waals surface area (Å²) in [5.41, 5.74) is 0.315. The minimum atomic E-state index is -1.02. The molecule has 0 aromatic heterocycles. The third-order valence-corrected chi connectivity index (χ3v) is 4.92. The second-order valence-corrected chi connectivity index (χ2v) is 5.96. The number of hydrogen-bond acceptors (Lipinski definition) is 2. The molecule has 0 amide bonds. The van der Waals surface area contributed by atoms with E-state index in [2.05, 4.69) is 6.58 Å². The number of carbonyl (C=O) groups excluding carboxylic acids is 1. The molecule has 4 aliphatic rings. The maximum absolute atomic E-state index is 11.0. The quantitative estimate of drug-likeness (QED) is 0.641. The van der Waals surface area contributed by atoms with Crippen molar-refractivity contribution in [2.45, 2.75) is 38.5 Å². The van der Waals surface area contributed by atoms with E-state index in [1.165, 1.54) is 19.3 Å². The van der Waals surface area contributed by atoms with Crippen LogP contribution in [0.3, 0.4) is 0 Å². The van der Waals surface area contributed by atoms with Gasteiger partial charge >= 0.3 is 0 Å². The summed E-state index contributed by atoms with van der Waals surface area (Å²) < 4.78 is 0. The normalized spacial score (nSPS) is 46.8. The zero-order valence-corrected chi connectivity index (χ0v) is 9.00. The molecule has 0 radical (unpaired) electrons. The zero-order chi connectivity index (χ0) is 10.6. The highest BCUT2D eigenvalue weighted by Crippen LogP contribution is 2.62. The number of carboxylic acids is 1. The van der Waals surface area contributed by atoms with Crippen molar-refractivity contribution in [2.75, 3.05) is 0 Å². The van der Waals surface area contributed by atoms with E-state index in [1.807, 2.05) is 0 Å². The van der Waals surface area contributed by atoms with Gasteiger partial charge in [0.2, 0.25) is 0 Å². The molecule has 4 saturated carbocycles. The van der Waals surface area contributed by atoms with E-state index in [4.69, 9.17) is 0 Å². The Labute approximate surface area is 90.4 Å². The molecule has 0 atom stereocenters. The van der Waals surface area contributed by atoms with Gasteiger partial charge in [0, 0.05) is 0 Å². The third-order valence-electron chi connectivity index (χ3n) is 4.92. The Balaban J connectivity index is 1.93. The number of carbonyl (C=O) groups is 1. The molecule has 2 heteroatoms. The van der Waals surface area contributed by atoms with E-state index in [1.54, 1.807) is 0 Å². The van der Waals surface area contributed by atoms with Gasteiger partial charge in [0.05, 0.1) is 5.97 Å². The number of aliphatic carboxylic acids is 1. The molecule has 0 aliphatic heterocycles. The molecular weight excluding hydrogens is 188 g/mol. The zero-order valence-electron chi connectivity index (χ0n) is 9.00. The number of rotatable bonds is 2. The fourth-order valence-corrected chi connectivity index (χ4v) is 4.70. The molecule has 0 saturated heterocycles. The van der Waals surface area contributed by atoms with E-state index in [0.29, 0.717) is 5.57 Å². The molecule has 4 bridgehead atoms. The summed E-state index contributed by atoms with van der Waals surface area (Å²) in [6.07, 6.45) is 7.18. The highest BCUT2D eigenvalue weighted by Gasteiger charge is 2.52. The van der Waals surface area contributed by atoms with Gasteiger partial charge < -0.3 is 9.90 Å². The van der Waals surface area contributed by atoms with Gasteiger partial charge in [-0.3, -0.25) is 0 Å². The first kappa shape index (κ1) is 9.44. The van der Waals surface area contributed by atoms with Crippen LogP contribution in [0.1, 0.15) is 38.5 Å². The monoisotopic (exact) mass is 205 g/mol. The van der Waals surface area contributed by atoms with Crippen LogP contribution in [0, 0.1) is 23.2 Å². The van der Waals surface area contributed by atoms with E-state index < -0.39 is 5.97 Å². The first-order chi connectivity index (χ1) is 7.09. The second kappa shape index (κ2) is 2.87. The lowest BCUT2D eigenvalue weighted by Gasteiger charge is -2.57. The van der Waals surface area contributed by atoms with Crippen LogP contribution in [-0.4, -0.2) is 5.97 Å². The standard InChI is InChI=1S/C13H18O2/c1-8(12(14)15)13-5-9-2-10(6-13)4-11(3-9)7-13/h9-11H,1-7H2,(H,14,15)/p-1. The fourth-order valence-electron chi connectivity index (χ4n) is 4.70. The Bertz CT molecular complexity index is 294. The third kappa shape index (κ3) is 1.27. The van der Waals surface area contributed by atoms with Gasteiger partial charge in [-0.1, -0.05) is 6.58 Å². The Kier molecular flexibility index (Phi) is 1.80. The van der Waals surface area contributed by atoms with Crippen LogP contribution in [0.25, 0.3) is 0 Å². The average Bonchev–Trinajstić information content (AvgIpc) is 2.14. The van der Waals surface area contributed by atoms with Crippen molar-refractivity contribution in [2.24, 2.45) is 23.2 Å². The Morgan fingerprint density at radius 1 is 1.07 bits per heavy atom. The van der Waals surface area contributed by atoms with Crippen molar-refractivity contribution in [3.63, 3.8) is 0 Å². The molecule has 0 aromatic rings. The minimum absolute atomic E-state index is 0.0758. The Morgan fingerprint density at radius 3 is 1.80 bits per heavy atom. The summed E-state index contributed by atoms with van der Waals surface area (Å²) in [7, 11) is 0. The Morgan fingerprint density at radius 2 is 1.47 bits per heavy atom. The van der Waals surface area contributed by atoms with Gasteiger partial charge in [0.25, 0.3) is 0 Å². The van der Waals surface area contributed by atoms with E-state index >= 15 is 0 Å². The van der Waals surface area contributed by atoms with Gasteiger partial charge in [-0.25, -0.2) is 0 Å². The largest absolute Gasteiger partial charge is 0.545 e. The van der Waals surface area contributed by atoms with Gasteiger partial charge in [0.1, 0.15) is 0 Å². The van der Waals surface area contributed by atoms with Crippen molar-refractivity contribution in [1.29, 1.82) is 0 Å². The van der Waals surface area contributed by atoms with Crippen molar-refractivity contribution in [1.82, 2.24) is 0 Å². The van der Waals surface area contributed by atoms with E-state index in [0.717, 1.165) is 37.0 Å². The smallest absolute Gasteiger partial charge is 0.0674 e. The first-order valence-corrected chi connectivity index (χ1v) is 6.00. The SMILES string of the molecule is C=C(C(=O)[O-])C12CC3CC(CC(C3)C1)C2. The summed E-state index contributed by atoms with van der Waals surface area (Å²) in [5, 5.41) is 11.0. The molecule has 0 unspecified atom stereocenters. The van der Waals surface area contributed by atoms with Gasteiger partial charge in [-0.15, -0.1) is 0 Å². The van der Waals surface area contributed by atoms with Crippen LogP contribution in [0.15, 0.2) is 12.2 Å². The highest BCUT2D eigenvalue weighted by atomic mass is 16.4. The lowest BCUT2D eigenvalue weighted by atomic mass is 9.48. The summed E-state index contributed by atoms with van der Waals surface area (Å²) in [6.45, 7) is 3.78. The van der Waals surface area contributed by atoms with Gasteiger partial charge in [-0.05, 0) is 67.3 Å². The molecule has 15 heavy (non-hydrogen) atoms. The molecule has 0 aromatic carbocycles. The van der Waals surface area contributed by atoms with Crippen LogP contribution in [-0.2, 0) is 4.79 Å². The molecule has 82 valence electrons. The lowest BCUT2D eigenvalue weighted by molar-refractivity contribution is -0.301. The van der Waals surface area contributed by atoms with Crippen LogP contribution in [0.4, 0.5) is 0 Å². The minimum Gasteiger partial charge on any atom is -0.545 e. The number of carboxylic acid groups (broad SMARTS) is 1. The predicted octanol–water partition coefficient (Wildman–Crippen LogP) is 1.51. The number of hydrogen-bond donors (Lipinski definition) is 0.